The van der Waals surface area contributed by atoms with E-state index >= 15 is 0 Å². The molecular formula is C28H30BrN3O8. The zero-order valence-electron chi connectivity index (χ0n) is 22.1. The number of ether oxygens (including phenoxy) is 2. The standard InChI is InChI=1S/C28H30BrN3O8/c1-39-20-12-16(11-19(29)24(20)40-2)23-21-22(28(30-23,27(35)36)14-15-7-4-3-5-8-15)26(34)31(25(21)33)17-9-6-10-18(13-17)32(37)38/h6,9-13,15,21-23,30H,3-5,7-8,14H2,1-2H3,(H,35,36). The van der Waals surface area contributed by atoms with E-state index < -0.39 is 46.1 Å². The van der Waals surface area contributed by atoms with Gasteiger partial charge in [-0.05, 0) is 52.0 Å². The fourth-order valence-electron chi connectivity index (χ4n) is 6.73. The highest BCUT2D eigenvalue weighted by Gasteiger charge is 2.69. The number of nitro benzene ring substituents is 1. The van der Waals surface area contributed by atoms with Gasteiger partial charge < -0.3 is 14.6 Å². The minimum Gasteiger partial charge on any atom is -0.493 e. The van der Waals surface area contributed by atoms with Gasteiger partial charge in [0.05, 0.1) is 41.1 Å². The number of carboxylic acids is 1. The number of benzene rings is 2. The molecule has 3 fully saturated rings. The van der Waals surface area contributed by atoms with Crippen LogP contribution in [0.5, 0.6) is 11.5 Å². The number of fused-ring (bicyclic) bond motifs is 1. The molecule has 4 unspecified atom stereocenters. The molecule has 12 heteroatoms. The van der Waals surface area contributed by atoms with Crippen molar-refractivity contribution in [3.63, 3.8) is 0 Å². The van der Waals surface area contributed by atoms with Crippen molar-refractivity contribution in [2.24, 2.45) is 17.8 Å². The van der Waals surface area contributed by atoms with Crippen molar-refractivity contribution >= 4 is 45.1 Å². The number of methoxy groups -OCH3 is 2. The summed E-state index contributed by atoms with van der Waals surface area (Å²) in [5, 5.41) is 25.4. The van der Waals surface area contributed by atoms with Crippen LogP contribution >= 0.6 is 15.9 Å². The summed E-state index contributed by atoms with van der Waals surface area (Å²) in [4.78, 5) is 53.0. The number of carbonyl (C=O) groups excluding carboxylic acids is 2. The first-order chi connectivity index (χ1) is 19.1. The smallest absolute Gasteiger partial charge is 0.324 e. The molecule has 2 N–H and O–H groups in total. The van der Waals surface area contributed by atoms with Crippen LogP contribution in [0.15, 0.2) is 40.9 Å². The summed E-state index contributed by atoms with van der Waals surface area (Å²) < 4.78 is 11.5. The molecule has 0 spiro atoms. The first-order valence-corrected chi connectivity index (χ1v) is 14.0. The molecule has 0 bridgehead atoms. The van der Waals surface area contributed by atoms with Crippen LogP contribution in [0.4, 0.5) is 11.4 Å². The fraction of sp³-hybridized carbons (Fsp3) is 0.464. The van der Waals surface area contributed by atoms with Crippen LogP contribution in [-0.2, 0) is 14.4 Å². The van der Waals surface area contributed by atoms with Crippen LogP contribution in [0.2, 0.25) is 0 Å². The summed E-state index contributed by atoms with van der Waals surface area (Å²) >= 11 is 3.48. The third-order valence-corrected chi connectivity index (χ3v) is 9.07. The number of aliphatic carboxylic acids is 1. The lowest BCUT2D eigenvalue weighted by atomic mass is 9.72. The number of carboxylic acid groups (broad SMARTS) is 1. The molecule has 2 saturated heterocycles. The summed E-state index contributed by atoms with van der Waals surface area (Å²) in [6.07, 6.45) is 4.92. The molecule has 0 radical (unpaired) electrons. The highest BCUT2D eigenvalue weighted by molar-refractivity contribution is 9.10. The number of carbonyl (C=O) groups is 3. The van der Waals surface area contributed by atoms with Gasteiger partial charge in [-0.15, -0.1) is 0 Å². The van der Waals surface area contributed by atoms with E-state index in [1.165, 1.54) is 32.4 Å². The molecule has 11 nitrogen and oxygen atoms in total. The Morgan fingerprint density at radius 2 is 1.88 bits per heavy atom. The number of imide groups is 1. The van der Waals surface area contributed by atoms with Crippen molar-refractivity contribution in [3.05, 3.63) is 56.5 Å². The Balaban J connectivity index is 1.65. The molecule has 2 aliphatic heterocycles. The minimum atomic E-state index is -1.71. The van der Waals surface area contributed by atoms with E-state index in [-0.39, 0.29) is 23.7 Å². The SMILES string of the molecule is COc1cc(C2NC(CC3CCCCC3)(C(=O)O)C3C(=O)N(c4cccc([N+](=O)[O-])c4)C(=O)C23)cc(Br)c1OC. The Labute approximate surface area is 239 Å². The second-order valence-electron chi connectivity index (χ2n) is 10.6. The average Bonchev–Trinajstić information content (AvgIpc) is 3.42. The molecule has 0 aromatic heterocycles. The van der Waals surface area contributed by atoms with Gasteiger partial charge in [-0.2, -0.15) is 0 Å². The summed E-state index contributed by atoms with van der Waals surface area (Å²) in [5.74, 6) is -3.88. The van der Waals surface area contributed by atoms with Crippen LogP contribution in [0.3, 0.4) is 0 Å². The average molecular weight is 616 g/mol. The Kier molecular flexibility index (Phi) is 7.58. The van der Waals surface area contributed by atoms with Gasteiger partial charge in [-0.1, -0.05) is 38.2 Å². The maximum Gasteiger partial charge on any atom is 0.324 e. The van der Waals surface area contributed by atoms with E-state index in [1.807, 2.05) is 0 Å². The molecule has 5 rings (SSSR count). The molecule has 212 valence electrons. The number of anilines is 1. The second kappa shape index (κ2) is 10.8. The van der Waals surface area contributed by atoms with Crippen molar-refractivity contribution in [3.8, 4) is 11.5 Å². The fourth-order valence-corrected chi connectivity index (χ4v) is 7.35. The number of nitrogens with zero attached hydrogens (tertiary/aromatic N) is 2. The number of halogens is 1. The van der Waals surface area contributed by atoms with Gasteiger partial charge in [0.2, 0.25) is 11.8 Å². The number of hydrogen-bond donors (Lipinski definition) is 2. The molecule has 1 aliphatic carbocycles. The van der Waals surface area contributed by atoms with Crippen LogP contribution in [0.1, 0.15) is 50.1 Å². The van der Waals surface area contributed by atoms with Gasteiger partial charge >= 0.3 is 5.97 Å². The Morgan fingerprint density at radius 3 is 2.50 bits per heavy atom. The summed E-state index contributed by atoms with van der Waals surface area (Å²) in [5.41, 5.74) is -1.39. The predicted octanol–water partition coefficient (Wildman–Crippen LogP) is 4.62. The number of nitro groups is 1. The lowest BCUT2D eigenvalue weighted by Crippen LogP contribution is -2.57. The normalized spacial score (nSPS) is 26.6. The van der Waals surface area contributed by atoms with Crippen molar-refractivity contribution < 1.29 is 33.9 Å². The van der Waals surface area contributed by atoms with Crippen molar-refractivity contribution in [2.45, 2.75) is 50.1 Å². The predicted molar refractivity (Wildman–Crippen MR) is 147 cm³/mol. The zero-order chi connectivity index (χ0) is 28.8. The summed E-state index contributed by atoms with van der Waals surface area (Å²) in [6, 6.07) is 7.83. The lowest BCUT2D eigenvalue weighted by molar-refractivity contribution is -0.384. The first-order valence-electron chi connectivity index (χ1n) is 13.2. The van der Waals surface area contributed by atoms with Crippen LogP contribution in [0, 0.1) is 27.9 Å². The highest BCUT2D eigenvalue weighted by atomic mass is 79.9. The van der Waals surface area contributed by atoms with Crippen molar-refractivity contribution in [2.75, 3.05) is 19.1 Å². The molecule has 2 heterocycles. The molecule has 1 saturated carbocycles. The quantitative estimate of drug-likeness (QED) is 0.246. The molecule has 3 aliphatic rings. The molecule has 2 aromatic rings. The van der Waals surface area contributed by atoms with Crippen molar-refractivity contribution in [1.29, 1.82) is 0 Å². The molecule has 40 heavy (non-hydrogen) atoms. The topological polar surface area (TPSA) is 148 Å². The Bertz CT molecular complexity index is 1380. The zero-order valence-corrected chi connectivity index (χ0v) is 23.7. The maximum atomic E-state index is 14.1. The van der Waals surface area contributed by atoms with E-state index in [0.717, 1.165) is 43.1 Å². The second-order valence-corrected chi connectivity index (χ2v) is 11.5. The van der Waals surface area contributed by atoms with Gasteiger partial charge in [-0.3, -0.25) is 29.8 Å². The molecule has 2 amide bonds. The highest BCUT2D eigenvalue weighted by Crippen LogP contribution is 2.54. The van der Waals surface area contributed by atoms with Gasteiger partial charge in [-0.25, -0.2) is 4.90 Å². The van der Waals surface area contributed by atoms with Crippen LogP contribution in [0.25, 0.3) is 0 Å². The summed E-state index contributed by atoms with van der Waals surface area (Å²) in [7, 11) is 2.96. The minimum absolute atomic E-state index is 0.0443. The Morgan fingerprint density at radius 1 is 1.15 bits per heavy atom. The lowest BCUT2D eigenvalue weighted by Gasteiger charge is -2.35. The number of nitrogens with one attached hydrogen (secondary N) is 1. The van der Waals surface area contributed by atoms with E-state index in [9.17, 15) is 29.6 Å². The third-order valence-electron chi connectivity index (χ3n) is 8.48. The van der Waals surface area contributed by atoms with Gasteiger partial charge in [0.15, 0.2) is 11.5 Å². The molecule has 2 aromatic carbocycles. The monoisotopic (exact) mass is 615 g/mol. The number of non-ortho nitro benzene ring substituents is 1. The largest absolute Gasteiger partial charge is 0.493 e. The first kappa shape index (κ1) is 28.0. The van der Waals surface area contributed by atoms with Gasteiger partial charge in [0, 0.05) is 18.2 Å². The number of rotatable bonds is 8. The molecular weight excluding hydrogens is 586 g/mol. The van der Waals surface area contributed by atoms with Crippen molar-refractivity contribution in [1.82, 2.24) is 5.32 Å². The van der Waals surface area contributed by atoms with Gasteiger partial charge in [0.1, 0.15) is 5.54 Å². The summed E-state index contributed by atoms with van der Waals surface area (Å²) in [6.45, 7) is 0. The number of amides is 2. The van der Waals surface area contributed by atoms with Crippen LogP contribution < -0.4 is 19.7 Å². The van der Waals surface area contributed by atoms with Crippen LogP contribution in [-0.4, -0.2) is 47.6 Å². The van der Waals surface area contributed by atoms with E-state index in [0.29, 0.717) is 21.5 Å². The van der Waals surface area contributed by atoms with Gasteiger partial charge in [0.25, 0.3) is 5.69 Å². The van der Waals surface area contributed by atoms with E-state index in [1.54, 1.807) is 12.1 Å². The maximum absolute atomic E-state index is 14.1. The molecule has 4 atom stereocenters. The Hall–Kier alpha value is -3.51. The van der Waals surface area contributed by atoms with E-state index in [4.69, 9.17) is 9.47 Å². The van der Waals surface area contributed by atoms with E-state index in [2.05, 4.69) is 21.2 Å². The number of hydrogen-bond acceptors (Lipinski definition) is 8. The third kappa shape index (κ3) is 4.52.